The van der Waals surface area contributed by atoms with Crippen molar-refractivity contribution in [3.8, 4) is 0 Å². The van der Waals surface area contributed by atoms with E-state index in [1.807, 2.05) is 0 Å². The second-order valence-electron chi connectivity index (χ2n) is 0. The zero-order valence-corrected chi connectivity index (χ0v) is 11.8. The third-order valence-electron chi connectivity index (χ3n) is 0. The monoisotopic (exact) mass is 351 g/mol. The quantitative estimate of drug-likeness (QED) is 0.203. The average Bonchev–Trinajstić information content (AvgIpc) is 1.00. The minimum atomic E-state index is 0. The van der Waals surface area contributed by atoms with E-state index in [2.05, 4.69) is 0 Å². The fraction of sp³-hybridized carbons (Fsp3) is 0. The Morgan fingerprint density at radius 2 is 0.700 bits per heavy atom. The molecule has 5 nitrogen and oxygen atoms in total. The van der Waals surface area contributed by atoms with Gasteiger partial charge in [-0.2, -0.15) is 0 Å². The van der Waals surface area contributed by atoms with Crippen molar-refractivity contribution in [2.75, 3.05) is 0 Å². The van der Waals surface area contributed by atoms with Crippen LogP contribution in [0.5, 0.6) is 0 Å². The van der Waals surface area contributed by atoms with Crippen LogP contribution in [0.1, 0.15) is 0 Å². The molecule has 11 N–H and O–H groups in total. The molecule has 0 unspecified atom stereocenters. The summed E-state index contributed by atoms with van der Waals surface area (Å²) in [7, 11) is 0. The van der Waals surface area contributed by atoms with Gasteiger partial charge in [0.15, 0.2) is 0 Å². The SMILES string of the molecule is O.O[OH2+].[Ca+2].[Mn].[Mn].[Mn].[Mn].[OH3+].[OH3+]. The van der Waals surface area contributed by atoms with Gasteiger partial charge in [-0.05, 0) is 0 Å². The number of rotatable bonds is 0. The number of hydrogen-bond acceptors (Lipinski definition) is 1. The molecule has 10 heteroatoms. The molecule has 0 saturated heterocycles. The second-order valence-corrected chi connectivity index (χ2v) is 0. The maximum Gasteiger partial charge on any atom is 2.00 e. The number of hydrogen-bond donors (Lipinski definition) is 1. The fourth-order valence-corrected chi connectivity index (χ4v) is 0. The van der Waals surface area contributed by atoms with Crippen molar-refractivity contribution in [1.29, 1.82) is 0 Å². The Morgan fingerprint density at radius 3 is 0.700 bits per heavy atom. The second kappa shape index (κ2) is 153. The van der Waals surface area contributed by atoms with E-state index in [0.717, 1.165) is 0 Å². The standard InChI is InChI=1S/Ca.4Mn.H2O2.3H2O/c;;;;;1-2;;;/h;;;;;1-2H;3*1H2/q+2;;;;;;;;/p+3. The van der Waals surface area contributed by atoms with Gasteiger partial charge in [-0.3, -0.25) is 5.26 Å². The minimum Gasteiger partial charge on any atom is -0.457 e. The molecule has 0 aromatic rings. The van der Waals surface area contributed by atoms with Crippen LogP contribution >= 0.6 is 0 Å². The van der Waals surface area contributed by atoms with Crippen LogP contribution in [0.2, 0.25) is 0 Å². The van der Waals surface area contributed by atoms with Crippen LogP contribution in [0.25, 0.3) is 0 Å². The first-order chi connectivity index (χ1) is 1.00. The summed E-state index contributed by atoms with van der Waals surface area (Å²) in [5.74, 6) is 0. The van der Waals surface area contributed by atoms with Crippen molar-refractivity contribution in [2.24, 2.45) is 0 Å². The zero-order chi connectivity index (χ0) is 2.00. The summed E-state index contributed by atoms with van der Waals surface area (Å²) in [6.07, 6.45) is 0. The summed E-state index contributed by atoms with van der Waals surface area (Å²) in [6, 6.07) is 0. The van der Waals surface area contributed by atoms with Gasteiger partial charge >= 0.3 is 37.7 Å². The van der Waals surface area contributed by atoms with Crippen molar-refractivity contribution in [3.05, 3.63) is 0 Å². The molecule has 0 aromatic carbocycles. The van der Waals surface area contributed by atoms with Crippen LogP contribution in [0.3, 0.4) is 0 Å². The summed E-state index contributed by atoms with van der Waals surface area (Å²) in [5, 5.41) is 11.0. The van der Waals surface area contributed by atoms with E-state index in [1.54, 1.807) is 0 Å². The van der Waals surface area contributed by atoms with Gasteiger partial charge in [0.25, 0.3) is 0 Å². The first-order valence-electron chi connectivity index (χ1n) is 0.224. The first-order valence-corrected chi connectivity index (χ1v) is 0.224. The van der Waals surface area contributed by atoms with Gasteiger partial charge in [0.05, 0.1) is 0 Å². The molecule has 0 amide bonds. The van der Waals surface area contributed by atoms with E-state index < -0.39 is 0 Å². The van der Waals surface area contributed by atoms with E-state index in [-0.39, 0.29) is 122 Å². The van der Waals surface area contributed by atoms with Crippen LogP contribution in [0, 0.1) is 0 Å². The van der Waals surface area contributed by atoms with Gasteiger partial charge in [-0.1, -0.05) is 0 Å². The van der Waals surface area contributed by atoms with Crippen molar-refractivity contribution >= 4 is 37.7 Å². The smallest absolute Gasteiger partial charge is 0.457 e. The third-order valence-corrected chi connectivity index (χ3v) is 0. The molecule has 0 atom stereocenters. The van der Waals surface area contributed by atoms with Gasteiger partial charge < -0.3 is 16.4 Å². The molecule has 0 saturated carbocycles. The van der Waals surface area contributed by atoms with Gasteiger partial charge in [-0.25, -0.2) is 0 Å². The Hall–Kier alpha value is 3.14. The summed E-state index contributed by atoms with van der Waals surface area (Å²) in [4.78, 5) is 0. The minimum absolute atomic E-state index is 0. The van der Waals surface area contributed by atoms with Crippen molar-refractivity contribution in [3.63, 3.8) is 0 Å². The van der Waals surface area contributed by atoms with Crippen LogP contribution in [0.4, 0.5) is 0 Å². The van der Waals surface area contributed by atoms with E-state index in [4.69, 9.17) is 10.5 Å². The van der Waals surface area contributed by atoms with Crippen molar-refractivity contribution < 1.29 is 95.2 Å². The molecule has 0 fully saturated rings. The van der Waals surface area contributed by atoms with Crippen LogP contribution in [-0.2, 0) is 79.2 Å². The van der Waals surface area contributed by atoms with Gasteiger partial charge in [0, 0.05) is 68.3 Å². The molecule has 4 radical (unpaired) electrons. The molecular formula is H11CaMn4O5+5. The van der Waals surface area contributed by atoms with E-state index in [0.29, 0.717) is 0 Å². The molecule has 0 aliphatic carbocycles. The van der Waals surface area contributed by atoms with Gasteiger partial charge in [0.2, 0.25) is 0 Å². The van der Waals surface area contributed by atoms with E-state index in [9.17, 15) is 0 Å². The molecule has 0 spiro atoms. The molecule has 0 rings (SSSR count). The Labute approximate surface area is 131 Å². The van der Waals surface area contributed by atoms with Gasteiger partial charge in [-0.15, -0.1) is 5.26 Å². The summed E-state index contributed by atoms with van der Waals surface area (Å²) in [6.45, 7) is 0. The summed E-state index contributed by atoms with van der Waals surface area (Å²) < 4.78 is 0. The van der Waals surface area contributed by atoms with Crippen LogP contribution < -0.4 is 0 Å². The fourth-order valence-electron chi connectivity index (χ4n) is 0. The predicted octanol–water partition coefficient (Wildman–Crippen LogP) is -3.88. The van der Waals surface area contributed by atoms with Crippen LogP contribution in [-0.4, -0.2) is 53.7 Å². The summed E-state index contributed by atoms with van der Waals surface area (Å²) >= 11 is 0. The van der Waals surface area contributed by atoms with Crippen LogP contribution in [0.15, 0.2) is 0 Å². The average molecular weight is 351 g/mol. The third kappa shape index (κ3) is 116. The Kier molecular flexibility index (Phi) is 1730. The molecule has 0 bridgehead atoms. The Morgan fingerprint density at radius 1 is 0.700 bits per heavy atom. The normalized spacial score (nSPS) is 0.600. The topological polar surface area (TPSA) is 141 Å². The summed E-state index contributed by atoms with van der Waals surface area (Å²) in [5.41, 5.74) is 0. The van der Waals surface area contributed by atoms with E-state index in [1.165, 1.54) is 0 Å². The molecule has 66 valence electrons. The maximum absolute atomic E-state index is 6.25. The first kappa shape index (κ1) is 113. The molecule has 0 heterocycles. The largest absolute Gasteiger partial charge is 2.00 e. The maximum atomic E-state index is 6.25. The van der Waals surface area contributed by atoms with Gasteiger partial charge in [0.1, 0.15) is 0 Å². The van der Waals surface area contributed by atoms with E-state index >= 15 is 0 Å². The molecule has 10 heavy (non-hydrogen) atoms. The Bertz CT molecular complexity index is 13.6. The predicted molar refractivity (Wildman–Crippen MR) is 25.4 cm³/mol. The molecule has 0 aliphatic heterocycles. The Balaban J connectivity index is -0.000000000179. The van der Waals surface area contributed by atoms with Crippen molar-refractivity contribution in [1.82, 2.24) is 0 Å². The van der Waals surface area contributed by atoms with Crippen molar-refractivity contribution in [2.45, 2.75) is 0 Å². The molecular weight excluding hydrogens is 340 g/mol. The molecule has 0 aromatic heterocycles. The molecule has 0 aliphatic rings. The zero-order valence-electron chi connectivity index (χ0n) is 4.82.